The number of hydrogen-bond donors (Lipinski definition) is 2. The van der Waals surface area contributed by atoms with Crippen molar-refractivity contribution in [2.75, 3.05) is 44.6 Å². The number of piperazine rings is 1. The highest BCUT2D eigenvalue weighted by Gasteiger charge is 2.38. The van der Waals surface area contributed by atoms with Crippen LogP contribution in [0, 0.1) is 18.3 Å². The zero-order valence-corrected chi connectivity index (χ0v) is 25.8. The number of benzene rings is 1. The Morgan fingerprint density at radius 1 is 1.13 bits per heavy atom. The van der Waals surface area contributed by atoms with Crippen LogP contribution in [0.4, 0.5) is 18.9 Å². The lowest BCUT2D eigenvalue weighted by atomic mass is 9.96. The van der Waals surface area contributed by atoms with Crippen molar-refractivity contribution in [2.45, 2.75) is 25.6 Å². The van der Waals surface area contributed by atoms with Crippen molar-refractivity contribution < 1.29 is 27.6 Å². The number of hydrogen-bond acceptors (Lipinski definition) is 6. The number of amides is 3. The summed E-state index contributed by atoms with van der Waals surface area (Å²) in [7, 11) is 1.41. The second-order valence-electron chi connectivity index (χ2n) is 10.6. The summed E-state index contributed by atoms with van der Waals surface area (Å²) in [6.07, 6.45) is 4.40. The Balaban J connectivity index is 0.00000461. The molecule has 0 spiro atoms. The van der Waals surface area contributed by atoms with Gasteiger partial charge in [-0.05, 0) is 44.1 Å². The minimum absolute atomic E-state index is 0. The molecule has 0 saturated carbocycles. The minimum Gasteiger partial charge on any atom is -0.339 e. The van der Waals surface area contributed by atoms with Crippen molar-refractivity contribution >= 4 is 47.4 Å². The maximum absolute atomic E-state index is 13.6. The molecule has 0 atom stereocenters. The van der Waals surface area contributed by atoms with Crippen molar-refractivity contribution in [1.82, 2.24) is 34.4 Å². The van der Waals surface area contributed by atoms with Crippen molar-refractivity contribution in [2.24, 2.45) is 13.0 Å². The zero-order valence-electron chi connectivity index (χ0n) is 24.2. The van der Waals surface area contributed by atoms with Gasteiger partial charge in [-0.25, -0.2) is 4.98 Å². The summed E-state index contributed by atoms with van der Waals surface area (Å²) in [5.41, 5.74) is -0.905. The molecule has 2 fully saturated rings. The van der Waals surface area contributed by atoms with Crippen LogP contribution >= 0.6 is 24.0 Å². The molecule has 0 radical (unpaired) electrons. The standard InChI is InChI=1S/C29H30ClF3N8O3.ClH/c1-3-10-41-17-21(24(37-41)29(31,32)33)23-16-35-25(38(23)2)26(42)36-19-4-5-20(22(30)15-19)28(44)40-13-11-39(12-14-40)27(43)18-6-8-34-9-7-18;/h1,4-5,15-18,34H,6-14H2,2H3,(H,36,42);1H. The first kappa shape index (κ1) is 33.8. The summed E-state index contributed by atoms with van der Waals surface area (Å²) in [6, 6.07) is 4.41. The molecule has 2 aromatic heterocycles. The summed E-state index contributed by atoms with van der Waals surface area (Å²) in [6.45, 7) is 3.14. The Hall–Kier alpha value is -4.06. The molecule has 4 heterocycles. The molecule has 2 saturated heterocycles. The Morgan fingerprint density at radius 2 is 1.80 bits per heavy atom. The first-order chi connectivity index (χ1) is 21.0. The predicted octanol–water partition coefficient (Wildman–Crippen LogP) is 3.55. The van der Waals surface area contributed by atoms with E-state index in [4.69, 9.17) is 18.0 Å². The maximum atomic E-state index is 13.6. The molecule has 2 aliphatic rings. The van der Waals surface area contributed by atoms with Crippen LogP contribution in [0.2, 0.25) is 5.02 Å². The summed E-state index contributed by atoms with van der Waals surface area (Å²) in [5, 5.41) is 9.53. The van der Waals surface area contributed by atoms with Crippen molar-refractivity contribution in [1.29, 1.82) is 0 Å². The van der Waals surface area contributed by atoms with Crippen LogP contribution in [0.15, 0.2) is 30.6 Å². The van der Waals surface area contributed by atoms with E-state index in [-0.39, 0.29) is 70.0 Å². The largest absolute Gasteiger partial charge is 0.435 e. The minimum atomic E-state index is -4.75. The molecule has 11 nitrogen and oxygen atoms in total. The maximum Gasteiger partial charge on any atom is 0.435 e. The highest BCUT2D eigenvalue weighted by atomic mass is 35.5. The zero-order chi connectivity index (χ0) is 31.6. The van der Waals surface area contributed by atoms with E-state index in [1.54, 1.807) is 4.90 Å². The van der Waals surface area contributed by atoms with Crippen molar-refractivity contribution in [3.8, 4) is 23.6 Å². The number of carbonyl (C=O) groups is 3. The highest BCUT2D eigenvalue weighted by Crippen LogP contribution is 2.36. The molecule has 2 aliphatic heterocycles. The molecule has 1 aromatic carbocycles. The number of carbonyl (C=O) groups excluding carboxylic acids is 3. The predicted molar refractivity (Wildman–Crippen MR) is 163 cm³/mol. The van der Waals surface area contributed by atoms with Gasteiger partial charge in [-0.1, -0.05) is 17.5 Å². The van der Waals surface area contributed by atoms with Crippen LogP contribution in [0.3, 0.4) is 0 Å². The summed E-state index contributed by atoms with van der Waals surface area (Å²) >= 11 is 6.44. The second-order valence-corrected chi connectivity index (χ2v) is 11.0. The van der Waals surface area contributed by atoms with Crippen molar-refractivity contribution in [3.05, 3.63) is 52.7 Å². The fourth-order valence-electron chi connectivity index (χ4n) is 5.44. The SMILES string of the molecule is C#CCn1cc(-c2cnc(C(=O)Nc3ccc(C(=O)N4CCN(C(=O)C5CCNCC5)CC4)c(Cl)c3)n2C)c(C(F)(F)F)n1.Cl. The van der Waals surface area contributed by atoms with Gasteiger partial charge in [0.15, 0.2) is 11.5 Å². The van der Waals surface area contributed by atoms with Crippen LogP contribution < -0.4 is 10.6 Å². The number of piperidine rings is 1. The monoisotopic (exact) mass is 666 g/mol. The van der Waals surface area contributed by atoms with Gasteiger partial charge in [0.05, 0.1) is 28.0 Å². The first-order valence-corrected chi connectivity index (χ1v) is 14.4. The summed E-state index contributed by atoms with van der Waals surface area (Å²) in [4.78, 5) is 46.6. The van der Waals surface area contributed by atoms with E-state index in [9.17, 15) is 27.6 Å². The number of nitrogens with one attached hydrogen (secondary N) is 2. The van der Waals surface area contributed by atoms with E-state index in [0.29, 0.717) is 26.2 Å². The molecule has 3 amide bonds. The average Bonchev–Trinajstić information content (AvgIpc) is 3.60. The first-order valence-electron chi connectivity index (χ1n) is 14.0. The Kier molecular flexibility index (Phi) is 10.5. The molecule has 16 heteroatoms. The van der Waals surface area contributed by atoms with Crippen LogP contribution in [0.1, 0.15) is 39.5 Å². The summed E-state index contributed by atoms with van der Waals surface area (Å²) in [5.74, 6) is 1.24. The molecular formula is C29H31Cl2F3N8O3. The lowest BCUT2D eigenvalue weighted by molar-refractivity contribution is -0.141. The van der Waals surface area contributed by atoms with Gasteiger partial charge < -0.3 is 25.0 Å². The van der Waals surface area contributed by atoms with Crippen LogP contribution in [0.25, 0.3) is 11.3 Å². The number of terminal acetylenes is 1. The number of imidazole rings is 1. The number of halogens is 5. The van der Waals surface area contributed by atoms with Crippen molar-refractivity contribution in [3.63, 3.8) is 0 Å². The number of aromatic nitrogens is 4. The number of alkyl halides is 3. The average molecular weight is 668 g/mol. The quantitative estimate of drug-likeness (QED) is 0.389. The number of rotatable bonds is 6. The third-order valence-corrected chi connectivity index (χ3v) is 8.09. The molecule has 240 valence electrons. The normalized spacial score (nSPS) is 15.7. The molecule has 45 heavy (non-hydrogen) atoms. The molecule has 5 rings (SSSR count). The fraction of sp³-hybridized carbons (Fsp3) is 0.414. The van der Waals surface area contributed by atoms with Gasteiger partial charge in [0.2, 0.25) is 5.91 Å². The lowest BCUT2D eigenvalue weighted by Gasteiger charge is -2.37. The van der Waals surface area contributed by atoms with Gasteiger partial charge in [0.1, 0.15) is 6.54 Å². The third-order valence-electron chi connectivity index (χ3n) is 7.78. The third kappa shape index (κ3) is 7.27. The second kappa shape index (κ2) is 13.9. The van der Waals surface area contributed by atoms with Gasteiger partial charge in [-0.3, -0.25) is 19.1 Å². The summed E-state index contributed by atoms with van der Waals surface area (Å²) < 4.78 is 43.1. The van der Waals surface area contributed by atoms with Gasteiger partial charge in [0, 0.05) is 51.0 Å². The number of nitrogens with zero attached hydrogens (tertiary/aromatic N) is 6. The van der Waals surface area contributed by atoms with E-state index in [1.165, 1.54) is 29.8 Å². The lowest BCUT2D eigenvalue weighted by Crippen LogP contribution is -2.52. The van der Waals surface area contributed by atoms with Crippen LogP contribution in [0.5, 0.6) is 0 Å². The van der Waals surface area contributed by atoms with E-state index in [1.807, 2.05) is 4.90 Å². The van der Waals surface area contributed by atoms with Gasteiger partial charge >= 0.3 is 6.18 Å². The van der Waals surface area contributed by atoms with Crippen LogP contribution in [-0.2, 0) is 24.6 Å². The number of anilines is 1. The molecule has 2 N–H and O–H groups in total. The van der Waals surface area contributed by atoms with Crippen LogP contribution in [-0.4, -0.2) is 86.1 Å². The topological polar surface area (TPSA) is 117 Å². The Labute approximate surface area is 268 Å². The Bertz CT molecular complexity index is 1620. The van der Waals surface area contributed by atoms with Gasteiger partial charge in [-0.2, -0.15) is 18.3 Å². The van der Waals surface area contributed by atoms with E-state index < -0.39 is 17.8 Å². The Morgan fingerprint density at radius 3 is 2.42 bits per heavy atom. The molecule has 0 unspecified atom stereocenters. The smallest absolute Gasteiger partial charge is 0.339 e. The fourth-order valence-corrected chi connectivity index (χ4v) is 5.71. The van der Waals surface area contributed by atoms with Gasteiger partial charge in [-0.15, -0.1) is 18.8 Å². The van der Waals surface area contributed by atoms with E-state index in [2.05, 4.69) is 26.6 Å². The molecular weight excluding hydrogens is 636 g/mol. The van der Waals surface area contributed by atoms with E-state index >= 15 is 0 Å². The molecule has 0 bridgehead atoms. The van der Waals surface area contributed by atoms with E-state index in [0.717, 1.165) is 43.0 Å². The molecule has 3 aromatic rings. The van der Waals surface area contributed by atoms with Gasteiger partial charge in [0.25, 0.3) is 11.8 Å². The molecule has 0 aliphatic carbocycles. The highest BCUT2D eigenvalue weighted by molar-refractivity contribution is 6.34.